The summed E-state index contributed by atoms with van der Waals surface area (Å²) in [5, 5.41) is 0. The fourth-order valence-electron chi connectivity index (χ4n) is 4.58. The summed E-state index contributed by atoms with van der Waals surface area (Å²) in [6, 6.07) is 0. The van der Waals surface area contributed by atoms with E-state index in [1.54, 1.807) is 0 Å². The van der Waals surface area contributed by atoms with E-state index in [1.807, 2.05) is 0 Å². The van der Waals surface area contributed by atoms with Crippen LogP contribution in [-0.4, -0.2) is 22.5 Å². The van der Waals surface area contributed by atoms with Crippen LogP contribution in [0.25, 0.3) is 0 Å². The molecule has 4 atom stereocenters. The topological polar surface area (TPSA) is 9.23 Å². The second kappa shape index (κ2) is 4.11. The second-order valence-electron chi connectivity index (χ2n) is 6.86. The number of halogens is 1. The van der Waals surface area contributed by atoms with Crippen molar-refractivity contribution < 1.29 is 3.10 Å². The second-order valence-corrected chi connectivity index (χ2v) is 21.4. The SMILES string of the molecule is CCCC[Te]1(Br)CC23CCC(CC2O1)C3(C)C. The molecule has 2 bridgehead atoms. The summed E-state index contributed by atoms with van der Waals surface area (Å²) in [4.78, 5) is 0. The fourth-order valence-corrected chi connectivity index (χ4v) is 19.2. The van der Waals surface area contributed by atoms with Crippen LogP contribution in [0.1, 0.15) is 52.9 Å². The van der Waals surface area contributed by atoms with Gasteiger partial charge < -0.3 is 0 Å². The van der Waals surface area contributed by atoms with Crippen molar-refractivity contribution in [2.75, 3.05) is 0 Å². The van der Waals surface area contributed by atoms with E-state index in [9.17, 15) is 0 Å². The summed E-state index contributed by atoms with van der Waals surface area (Å²) in [6.45, 7) is 7.34. The Morgan fingerprint density at radius 2 is 2.18 bits per heavy atom. The van der Waals surface area contributed by atoms with Crippen molar-refractivity contribution in [3.63, 3.8) is 0 Å². The van der Waals surface area contributed by atoms with Crippen molar-refractivity contribution in [1.29, 1.82) is 0 Å². The van der Waals surface area contributed by atoms with E-state index in [0.29, 0.717) is 16.9 Å². The van der Waals surface area contributed by atoms with E-state index in [1.165, 1.54) is 41.0 Å². The molecule has 2 saturated carbocycles. The molecule has 0 aromatic rings. The van der Waals surface area contributed by atoms with Crippen LogP contribution in [0.2, 0.25) is 8.94 Å². The molecule has 1 heterocycles. The van der Waals surface area contributed by atoms with E-state index < -0.39 is 16.4 Å². The van der Waals surface area contributed by atoms with Crippen LogP contribution in [-0.2, 0) is 3.10 Å². The first-order chi connectivity index (χ1) is 7.94. The molecular weight excluding hydrogens is 392 g/mol. The molecule has 4 unspecified atom stereocenters. The minimum absolute atomic E-state index is 0.547. The number of hydrogen-bond donors (Lipinski definition) is 0. The summed E-state index contributed by atoms with van der Waals surface area (Å²) in [5.41, 5.74) is 1.11. The van der Waals surface area contributed by atoms with Gasteiger partial charge in [-0.1, -0.05) is 0 Å². The molecule has 1 aliphatic heterocycles. The molecule has 3 aliphatic rings. The number of rotatable bonds is 3. The average molecular weight is 417 g/mol. The van der Waals surface area contributed by atoms with Gasteiger partial charge in [-0.05, 0) is 0 Å². The molecule has 0 aromatic carbocycles. The molecule has 1 nitrogen and oxygen atoms in total. The van der Waals surface area contributed by atoms with Gasteiger partial charge in [-0.3, -0.25) is 0 Å². The quantitative estimate of drug-likeness (QED) is 0.598. The van der Waals surface area contributed by atoms with Gasteiger partial charge in [-0.25, -0.2) is 0 Å². The average Bonchev–Trinajstić information content (AvgIpc) is 2.76. The van der Waals surface area contributed by atoms with Gasteiger partial charge in [0.05, 0.1) is 0 Å². The summed E-state index contributed by atoms with van der Waals surface area (Å²) in [6.07, 6.45) is 7.56. The Labute approximate surface area is 116 Å². The third-order valence-electron chi connectivity index (χ3n) is 5.92. The van der Waals surface area contributed by atoms with Gasteiger partial charge in [0.2, 0.25) is 0 Å². The van der Waals surface area contributed by atoms with Crippen molar-refractivity contribution in [1.82, 2.24) is 0 Å². The molecule has 17 heavy (non-hydrogen) atoms. The third-order valence-corrected chi connectivity index (χ3v) is 17.6. The zero-order valence-corrected chi connectivity index (χ0v) is 15.2. The fraction of sp³-hybridized carbons (Fsp3) is 1.00. The van der Waals surface area contributed by atoms with Gasteiger partial charge in [-0.15, -0.1) is 0 Å². The minimum atomic E-state index is -2.12. The summed E-state index contributed by atoms with van der Waals surface area (Å²) < 4.78 is 9.45. The zero-order valence-electron chi connectivity index (χ0n) is 11.3. The van der Waals surface area contributed by atoms with Crippen molar-refractivity contribution in [2.45, 2.75) is 67.9 Å². The Bertz CT molecular complexity index is 332. The van der Waals surface area contributed by atoms with E-state index in [2.05, 4.69) is 33.5 Å². The molecule has 3 fully saturated rings. The number of unbranched alkanes of at least 4 members (excludes halogenated alkanes) is 1. The molecule has 100 valence electrons. The zero-order chi connectivity index (χ0) is 12.3. The molecule has 0 radical (unpaired) electrons. The first kappa shape index (κ1) is 13.2. The Morgan fingerprint density at radius 1 is 1.41 bits per heavy atom. The predicted molar refractivity (Wildman–Crippen MR) is 77.6 cm³/mol. The van der Waals surface area contributed by atoms with Crippen molar-refractivity contribution in [3.05, 3.63) is 0 Å². The Hall–Kier alpha value is 1.23. The monoisotopic (exact) mass is 418 g/mol. The van der Waals surface area contributed by atoms with Gasteiger partial charge in [0.25, 0.3) is 0 Å². The van der Waals surface area contributed by atoms with E-state index in [-0.39, 0.29) is 0 Å². The van der Waals surface area contributed by atoms with E-state index >= 15 is 0 Å². The van der Waals surface area contributed by atoms with Gasteiger partial charge in [0.1, 0.15) is 0 Å². The van der Waals surface area contributed by atoms with Crippen LogP contribution >= 0.6 is 12.8 Å². The Kier molecular flexibility index (Phi) is 3.20. The Morgan fingerprint density at radius 3 is 2.76 bits per heavy atom. The van der Waals surface area contributed by atoms with Crippen molar-refractivity contribution in [2.24, 2.45) is 16.7 Å². The van der Waals surface area contributed by atoms with Crippen LogP contribution in [0.5, 0.6) is 0 Å². The summed E-state index contributed by atoms with van der Waals surface area (Å²) in [7, 11) is 0. The van der Waals surface area contributed by atoms with Gasteiger partial charge in [0.15, 0.2) is 0 Å². The molecule has 0 N–H and O–H groups in total. The standard InChI is InChI=1S/C14H25BrOTe/c1-4-5-8-17(15)10-14-7-6-11(13(14,2)3)9-12(14)16-17/h11-12H,4-10H2,1-3H3. The molecule has 0 amide bonds. The predicted octanol–water partition coefficient (Wildman–Crippen LogP) is 4.85. The molecule has 3 rings (SSSR count). The number of fused-ring (bicyclic) bond motifs is 1. The van der Waals surface area contributed by atoms with Gasteiger partial charge >= 0.3 is 117 Å². The van der Waals surface area contributed by atoms with Crippen LogP contribution in [0.4, 0.5) is 0 Å². The van der Waals surface area contributed by atoms with Crippen LogP contribution in [0.15, 0.2) is 0 Å². The maximum atomic E-state index is 6.64. The van der Waals surface area contributed by atoms with Crippen LogP contribution < -0.4 is 0 Å². The molecule has 2 aliphatic carbocycles. The van der Waals surface area contributed by atoms with Crippen LogP contribution in [0.3, 0.4) is 0 Å². The molecule has 3 heteroatoms. The molecule has 1 spiro atoms. The number of hydrogen-bond acceptors (Lipinski definition) is 1. The first-order valence-corrected chi connectivity index (χ1v) is 16.6. The first-order valence-electron chi connectivity index (χ1n) is 7.10. The van der Waals surface area contributed by atoms with Crippen molar-refractivity contribution in [3.8, 4) is 0 Å². The molecule has 1 saturated heterocycles. The van der Waals surface area contributed by atoms with Crippen LogP contribution in [0, 0.1) is 16.7 Å². The third kappa shape index (κ3) is 1.72. The van der Waals surface area contributed by atoms with E-state index in [0.717, 1.165) is 5.92 Å². The summed E-state index contributed by atoms with van der Waals surface area (Å²) >= 11 is 2.00. The summed E-state index contributed by atoms with van der Waals surface area (Å²) in [5.74, 6) is 0.943. The molecular formula is C14H25BrOTe. The molecule has 0 aromatic heterocycles. The normalized spacial score (nSPS) is 54.6. The van der Waals surface area contributed by atoms with Crippen molar-refractivity contribution >= 4 is 29.1 Å². The van der Waals surface area contributed by atoms with E-state index in [4.69, 9.17) is 3.10 Å². The van der Waals surface area contributed by atoms with Gasteiger partial charge in [-0.2, -0.15) is 0 Å². The van der Waals surface area contributed by atoms with Gasteiger partial charge in [0, 0.05) is 0 Å². The maximum absolute atomic E-state index is 6.64. The Balaban J connectivity index is 1.83.